The van der Waals surface area contributed by atoms with Crippen LogP contribution in [0.25, 0.3) is 0 Å². The molecule has 0 saturated carbocycles. The molecule has 0 spiro atoms. The molecule has 0 heterocycles. The van der Waals surface area contributed by atoms with Gasteiger partial charge in [-0.05, 0) is 12.8 Å². The Labute approximate surface area is 114 Å². The first-order valence-electron chi connectivity index (χ1n) is 8.07. The molecule has 0 radical (unpaired) electrons. The van der Waals surface area contributed by atoms with Gasteiger partial charge >= 0.3 is 0 Å². The maximum atomic E-state index is 8.23. The molecule has 0 amide bonds. The van der Waals surface area contributed by atoms with E-state index in [1.165, 1.54) is 83.5 Å². The largest absolute Gasteiger partial charge is 0.411 e. The molecule has 0 unspecified atom stereocenters. The van der Waals surface area contributed by atoms with Crippen molar-refractivity contribution in [1.82, 2.24) is 0 Å². The number of hydrogen-bond donors (Lipinski definition) is 1. The van der Waals surface area contributed by atoms with Crippen LogP contribution in [0.1, 0.15) is 96.8 Å². The van der Waals surface area contributed by atoms with Gasteiger partial charge in [0.1, 0.15) is 0 Å². The van der Waals surface area contributed by atoms with E-state index in [-0.39, 0.29) is 0 Å². The van der Waals surface area contributed by atoms with Crippen molar-refractivity contribution in [1.29, 1.82) is 0 Å². The van der Waals surface area contributed by atoms with E-state index in [1.807, 2.05) is 0 Å². The van der Waals surface area contributed by atoms with Gasteiger partial charge in [0.25, 0.3) is 0 Å². The lowest BCUT2D eigenvalue weighted by Gasteiger charge is -2.02. The molecular weight excluding hydrogens is 222 g/mol. The topological polar surface area (TPSA) is 32.6 Å². The third-order valence-corrected chi connectivity index (χ3v) is 3.52. The van der Waals surface area contributed by atoms with E-state index >= 15 is 0 Å². The summed E-state index contributed by atoms with van der Waals surface area (Å²) in [6, 6.07) is 0. The van der Waals surface area contributed by atoms with Crippen molar-refractivity contribution in [2.45, 2.75) is 96.8 Å². The van der Waals surface area contributed by atoms with Gasteiger partial charge in [0.15, 0.2) is 0 Å². The minimum atomic E-state index is 0.925. The number of rotatable bonds is 14. The van der Waals surface area contributed by atoms with Crippen LogP contribution in [0.2, 0.25) is 0 Å². The van der Waals surface area contributed by atoms with Crippen molar-refractivity contribution in [3.05, 3.63) is 0 Å². The standard InChI is InChI=1S/C16H33NO/c1-2-3-4-5-6-7-8-9-10-11-12-13-14-15-16-17-18/h16,18H,2-15H2,1H3/b17-16-. The Balaban J connectivity index is 2.90. The van der Waals surface area contributed by atoms with E-state index in [9.17, 15) is 0 Å². The molecule has 0 aliphatic carbocycles. The van der Waals surface area contributed by atoms with Crippen LogP contribution in [-0.4, -0.2) is 11.4 Å². The van der Waals surface area contributed by atoms with E-state index in [4.69, 9.17) is 5.21 Å². The third-order valence-electron chi connectivity index (χ3n) is 3.52. The quantitative estimate of drug-likeness (QED) is 0.177. The first-order chi connectivity index (χ1) is 8.91. The van der Waals surface area contributed by atoms with Gasteiger partial charge < -0.3 is 5.21 Å². The van der Waals surface area contributed by atoms with Crippen LogP contribution >= 0.6 is 0 Å². The Kier molecular flexibility index (Phi) is 16.0. The molecule has 0 bridgehead atoms. The average molecular weight is 255 g/mol. The fourth-order valence-electron chi connectivity index (χ4n) is 2.31. The minimum absolute atomic E-state index is 0.925. The summed E-state index contributed by atoms with van der Waals surface area (Å²) in [6.45, 7) is 2.27. The molecule has 108 valence electrons. The fraction of sp³-hybridized carbons (Fsp3) is 0.938. The van der Waals surface area contributed by atoms with Gasteiger partial charge in [0, 0.05) is 6.21 Å². The summed E-state index contributed by atoms with van der Waals surface area (Å²) in [4.78, 5) is 0. The van der Waals surface area contributed by atoms with Crippen LogP contribution in [0.4, 0.5) is 0 Å². The Morgan fingerprint density at radius 3 is 1.44 bits per heavy atom. The zero-order valence-electron chi connectivity index (χ0n) is 12.4. The Hall–Kier alpha value is -0.530. The molecule has 0 aliphatic rings. The lowest BCUT2D eigenvalue weighted by molar-refractivity contribution is 0.320. The zero-order valence-corrected chi connectivity index (χ0v) is 12.4. The van der Waals surface area contributed by atoms with E-state index in [2.05, 4.69) is 12.1 Å². The molecule has 1 N–H and O–H groups in total. The number of hydrogen-bond acceptors (Lipinski definition) is 2. The molecule has 0 atom stereocenters. The SMILES string of the molecule is CCCCCCCCCCCCCCC/C=N\O. The van der Waals surface area contributed by atoms with E-state index in [0.29, 0.717) is 0 Å². The molecule has 0 aliphatic heterocycles. The molecule has 0 aromatic carbocycles. The number of oxime groups is 1. The van der Waals surface area contributed by atoms with Crippen molar-refractivity contribution in [2.75, 3.05) is 0 Å². The molecule has 0 fully saturated rings. The van der Waals surface area contributed by atoms with Crippen molar-refractivity contribution >= 4 is 6.21 Å². The molecule has 2 nitrogen and oxygen atoms in total. The molecule has 0 saturated heterocycles. The smallest absolute Gasteiger partial charge is 0.0435 e. The normalized spacial score (nSPS) is 11.4. The predicted molar refractivity (Wildman–Crippen MR) is 80.6 cm³/mol. The summed E-state index contributed by atoms with van der Waals surface area (Å²) in [7, 11) is 0. The Morgan fingerprint density at radius 2 is 1.06 bits per heavy atom. The van der Waals surface area contributed by atoms with Gasteiger partial charge in [-0.2, -0.15) is 0 Å². The van der Waals surface area contributed by atoms with Crippen LogP contribution < -0.4 is 0 Å². The Bertz CT molecular complexity index is 168. The van der Waals surface area contributed by atoms with Gasteiger partial charge in [-0.3, -0.25) is 0 Å². The van der Waals surface area contributed by atoms with Gasteiger partial charge in [0.2, 0.25) is 0 Å². The predicted octanol–water partition coefficient (Wildman–Crippen LogP) is 5.93. The summed E-state index contributed by atoms with van der Waals surface area (Å²) < 4.78 is 0. The highest BCUT2D eigenvalue weighted by Gasteiger charge is 1.93. The second-order valence-electron chi connectivity index (χ2n) is 5.33. The van der Waals surface area contributed by atoms with Crippen LogP contribution in [0.15, 0.2) is 5.16 Å². The van der Waals surface area contributed by atoms with Gasteiger partial charge in [-0.1, -0.05) is 84.0 Å². The van der Waals surface area contributed by atoms with Crippen molar-refractivity contribution in [3.63, 3.8) is 0 Å². The summed E-state index contributed by atoms with van der Waals surface area (Å²) in [5.74, 6) is 0. The zero-order chi connectivity index (χ0) is 13.3. The van der Waals surface area contributed by atoms with Crippen LogP contribution in [0, 0.1) is 0 Å². The van der Waals surface area contributed by atoms with Crippen LogP contribution in [-0.2, 0) is 0 Å². The monoisotopic (exact) mass is 255 g/mol. The summed E-state index contributed by atoms with van der Waals surface area (Å²) in [5.41, 5.74) is 0. The van der Waals surface area contributed by atoms with Crippen molar-refractivity contribution in [2.24, 2.45) is 5.16 Å². The lowest BCUT2D eigenvalue weighted by Crippen LogP contribution is -1.83. The van der Waals surface area contributed by atoms with Crippen LogP contribution in [0.5, 0.6) is 0 Å². The second-order valence-corrected chi connectivity index (χ2v) is 5.33. The first-order valence-corrected chi connectivity index (χ1v) is 8.07. The fourth-order valence-corrected chi connectivity index (χ4v) is 2.31. The van der Waals surface area contributed by atoms with Gasteiger partial charge in [-0.15, -0.1) is 5.16 Å². The third kappa shape index (κ3) is 15.5. The maximum absolute atomic E-state index is 8.23. The maximum Gasteiger partial charge on any atom is 0.0435 e. The first kappa shape index (κ1) is 17.5. The summed E-state index contributed by atoms with van der Waals surface area (Å²) >= 11 is 0. The highest BCUT2D eigenvalue weighted by molar-refractivity contribution is 5.55. The van der Waals surface area contributed by atoms with E-state index in [1.54, 1.807) is 6.21 Å². The highest BCUT2D eigenvalue weighted by Crippen LogP contribution is 2.12. The average Bonchev–Trinajstić information content (AvgIpc) is 2.39. The minimum Gasteiger partial charge on any atom is -0.411 e. The molecule has 2 heteroatoms. The molecule has 0 aromatic rings. The van der Waals surface area contributed by atoms with E-state index < -0.39 is 0 Å². The van der Waals surface area contributed by atoms with Gasteiger partial charge in [0.05, 0.1) is 0 Å². The molecule has 0 rings (SSSR count). The van der Waals surface area contributed by atoms with Gasteiger partial charge in [-0.25, -0.2) is 0 Å². The van der Waals surface area contributed by atoms with E-state index in [0.717, 1.165) is 6.42 Å². The molecular formula is C16H33NO. The second kappa shape index (κ2) is 16.5. The molecule has 0 aromatic heterocycles. The lowest BCUT2D eigenvalue weighted by atomic mass is 10.0. The number of nitrogens with zero attached hydrogens (tertiary/aromatic N) is 1. The highest BCUT2D eigenvalue weighted by atomic mass is 16.4. The van der Waals surface area contributed by atoms with Crippen molar-refractivity contribution in [3.8, 4) is 0 Å². The number of unbranched alkanes of at least 4 members (excludes halogenated alkanes) is 13. The molecule has 18 heavy (non-hydrogen) atoms. The summed E-state index contributed by atoms with van der Waals surface area (Å²) in [5, 5.41) is 11.2. The van der Waals surface area contributed by atoms with Crippen LogP contribution in [0.3, 0.4) is 0 Å². The Morgan fingerprint density at radius 1 is 0.667 bits per heavy atom. The summed E-state index contributed by atoms with van der Waals surface area (Å²) in [6.07, 6.45) is 20.5. The van der Waals surface area contributed by atoms with Crippen molar-refractivity contribution < 1.29 is 5.21 Å².